The number of nitro groups is 1. The molecule has 3 heterocycles. The second kappa shape index (κ2) is 10.3. The predicted octanol–water partition coefficient (Wildman–Crippen LogP) is 4.07. The highest BCUT2D eigenvalue weighted by Crippen LogP contribution is 2.28. The largest absolute Gasteiger partial charge is 0.434 e. The molecular formula is C25H22N6O5S. The molecule has 12 heteroatoms. The Morgan fingerprint density at radius 2 is 1.97 bits per heavy atom. The number of morpholine rings is 1. The molecule has 5 rings (SSSR count). The van der Waals surface area contributed by atoms with Gasteiger partial charge in [-0.2, -0.15) is 4.98 Å². The highest BCUT2D eigenvalue weighted by atomic mass is 32.1. The molecule has 1 aliphatic rings. The van der Waals surface area contributed by atoms with Crippen molar-refractivity contribution in [3.63, 3.8) is 0 Å². The number of pyridine rings is 1. The number of non-ortho nitro benzene ring substituents is 1. The van der Waals surface area contributed by atoms with Gasteiger partial charge in [-0.3, -0.25) is 20.2 Å². The summed E-state index contributed by atoms with van der Waals surface area (Å²) in [5.41, 5.74) is 3.98. The fraction of sp³-hybridized carbons (Fsp3) is 0.200. The molecule has 37 heavy (non-hydrogen) atoms. The van der Waals surface area contributed by atoms with Crippen molar-refractivity contribution in [1.29, 1.82) is 0 Å². The third-order valence-corrected chi connectivity index (χ3v) is 6.11. The number of carbonyl (C=O) groups is 1. The van der Waals surface area contributed by atoms with Crippen LogP contribution in [0.25, 0.3) is 22.7 Å². The van der Waals surface area contributed by atoms with E-state index in [1.54, 1.807) is 30.5 Å². The smallest absolute Gasteiger partial charge is 0.270 e. The van der Waals surface area contributed by atoms with E-state index in [9.17, 15) is 14.9 Å². The van der Waals surface area contributed by atoms with Crippen molar-refractivity contribution in [1.82, 2.24) is 15.3 Å². The van der Waals surface area contributed by atoms with Crippen molar-refractivity contribution in [2.24, 2.45) is 0 Å². The van der Waals surface area contributed by atoms with E-state index < -0.39 is 10.8 Å². The number of nitrogens with zero attached hydrogens (tertiary/aromatic N) is 4. The molecule has 1 aliphatic heterocycles. The summed E-state index contributed by atoms with van der Waals surface area (Å²) in [5, 5.41) is 17.1. The third-order valence-electron chi connectivity index (χ3n) is 5.90. The number of anilines is 2. The Bertz CT molecular complexity index is 1480. The van der Waals surface area contributed by atoms with Crippen molar-refractivity contribution in [3.05, 3.63) is 76.0 Å². The molecular weight excluding hydrogens is 496 g/mol. The Hall–Kier alpha value is -4.42. The van der Waals surface area contributed by atoms with E-state index in [1.807, 2.05) is 24.0 Å². The van der Waals surface area contributed by atoms with Crippen molar-refractivity contribution >= 4 is 51.5 Å². The quantitative estimate of drug-likeness (QED) is 0.226. The van der Waals surface area contributed by atoms with Crippen LogP contribution in [0.2, 0.25) is 0 Å². The van der Waals surface area contributed by atoms with Crippen LogP contribution in [0, 0.1) is 17.0 Å². The lowest BCUT2D eigenvalue weighted by molar-refractivity contribution is -0.384. The zero-order chi connectivity index (χ0) is 25.9. The molecule has 1 fully saturated rings. The number of benzene rings is 2. The number of fused-ring (bicyclic) bond motifs is 1. The van der Waals surface area contributed by atoms with Crippen molar-refractivity contribution < 1.29 is 18.9 Å². The normalized spacial score (nSPS) is 13.4. The number of aryl methyl sites for hydroxylation is 1. The molecule has 11 nitrogen and oxygen atoms in total. The maximum Gasteiger partial charge on any atom is 0.270 e. The predicted molar refractivity (Wildman–Crippen MR) is 142 cm³/mol. The van der Waals surface area contributed by atoms with E-state index >= 15 is 0 Å². The second-order valence-corrected chi connectivity index (χ2v) is 8.75. The van der Waals surface area contributed by atoms with Gasteiger partial charge >= 0.3 is 0 Å². The van der Waals surface area contributed by atoms with E-state index in [0.29, 0.717) is 54.8 Å². The first kappa shape index (κ1) is 24.3. The van der Waals surface area contributed by atoms with Gasteiger partial charge in [-0.05, 0) is 61.1 Å². The standard InChI is InChI=1S/C25H22N6O5S/c1-15-13-16(24-28-22-21(36-24)3-2-8-26-22)4-6-19(15)27-25(37)29-23(32)18-14-17(31(33)34)5-7-20(18)30-9-11-35-12-10-30/h2-8,13-14H,9-12H2,1H3,(H2,27,29,32,37). The van der Waals surface area contributed by atoms with Crippen molar-refractivity contribution in [3.8, 4) is 11.5 Å². The van der Waals surface area contributed by atoms with Crippen LogP contribution in [0.15, 0.2) is 59.1 Å². The molecule has 2 aromatic heterocycles. The molecule has 2 aromatic carbocycles. The molecule has 1 amide bonds. The first-order valence-corrected chi connectivity index (χ1v) is 11.9. The van der Waals surface area contributed by atoms with Gasteiger partial charge < -0.3 is 19.4 Å². The SMILES string of the molecule is Cc1cc(-c2nc3ncccc3o2)ccc1NC(=S)NC(=O)c1cc([N+](=O)[O-])ccc1N1CCOCC1. The zero-order valence-corrected chi connectivity index (χ0v) is 20.6. The molecule has 0 radical (unpaired) electrons. The lowest BCUT2D eigenvalue weighted by Gasteiger charge is -2.30. The number of carbonyl (C=O) groups excluding carboxylic acids is 1. The fourth-order valence-electron chi connectivity index (χ4n) is 4.05. The minimum absolute atomic E-state index is 0.0614. The molecule has 2 N–H and O–H groups in total. The van der Waals surface area contributed by atoms with Gasteiger partial charge in [0.05, 0.1) is 29.4 Å². The van der Waals surface area contributed by atoms with E-state index in [-0.39, 0.29) is 16.4 Å². The Morgan fingerprint density at radius 1 is 1.16 bits per heavy atom. The minimum atomic E-state index is -0.545. The molecule has 0 saturated carbocycles. The number of nitrogens with one attached hydrogen (secondary N) is 2. The van der Waals surface area contributed by atoms with Crippen LogP contribution < -0.4 is 15.5 Å². The summed E-state index contributed by atoms with van der Waals surface area (Å²) < 4.78 is 11.2. The van der Waals surface area contributed by atoms with Crippen molar-refractivity contribution in [2.45, 2.75) is 6.92 Å². The number of aromatic nitrogens is 2. The number of rotatable bonds is 5. The Balaban J connectivity index is 1.32. The maximum atomic E-state index is 13.1. The molecule has 0 bridgehead atoms. The average Bonchev–Trinajstić information content (AvgIpc) is 3.34. The summed E-state index contributed by atoms with van der Waals surface area (Å²) in [4.78, 5) is 34.5. The summed E-state index contributed by atoms with van der Waals surface area (Å²) in [7, 11) is 0. The number of hydrogen-bond acceptors (Lipinski definition) is 9. The highest BCUT2D eigenvalue weighted by molar-refractivity contribution is 7.80. The lowest BCUT2D eigenvalue weighted by Crippen LogP contribution is -2.39. The van der Waals surface area contributed by atoms with Gasteiger partial charge in [0.25, 0.3) is 11.6 Å². The summed E-state index contributed by atoms with van der Waals surface area (Å²) >= 11 is 5.38. The van der Waals surface area contributed by atoms with E-state index in [2.05, 4.69) is 20.6 Å². The van der Waals surface area contributed by atoms with Gasteiger partial charge in [-0.25, -0.2) is 4.98 Å². The van der Waals surface area contributed by atoms with Crippen LogP contribution in [-0.4, -0.2) is 52.2 Å². The van der Waals surface area contributed by atoms with Crippen LogP contribution in [0.5, 0.6) is 0 Å². The molecule has 4 aromatic rings. The van der Waals surface area contributed by atoms with E-state index in [0.717, 1.165) is 11.1 Å². The fourth-order valence-corrected chi connectivity index (χ4v) is 4.26. The Labute approximate surface area is 216 Å². The van der Waals surface area contributed by atoms with Gasteiger partial charge in [0.1, 0.15) is 0 Å². The monoisotopic (exact) mass is 518 g/mol. The highest BCUT2D eigenvalue weighted by Gasteiger charge is 2.23. The number of hydrogen-bond donors (Lipinski definition) is 2. The molecule has 0 spiro atoms. The maximum absolute atomic E-state index is 13.1. The van der Waals surface area contributed by atoms with E-state index in [4.69, 9.17) is 21.4 Å². The molecule has 0 aliphatic carbocycles. The first-order valence-electron chi connectivity index (χ1n) is 11.4. The summed E-state index contributed by atoms with van der Waals surface area (Å²) in [6.45, 7) is 4.04. The topological polar surface area (TPSA) is 136 Å². The van der Waals surface area contributed by atoms with Crippen LogP contribution in [-0.2, 0) is 4.74 Å². The first-order chi connectivity index (χ1) is 17.9. The van der Waals surface area contributed by atoms with Crippen LogP contribution in [0.1, 0.15) is 15.9 Å². The second-order valence-electron chi connectivity index (χ2n) is 8.34. The number of oxazole rings is 1. The van der Waals surface area contributed by atoms with Gasteiger partial charge in [0, 0.05) is 42.7 Å². The molecule has 188 valence electrons. The summed E-state index contributed by atoms with van der Waals surface area (Å²) in [6.07, 6.45) is 1.65. The van der Waals surface area contributed by atoms with E-state index in [1.165, 1.54) is 12.1 Å². The number of nitro benzene ring substituents is 1. The van der Waals surface area contributed by atoms with Gasteiger partial charge in [0.2, 0.25) is 5.89 Å². The zero-order valence-electron chi connectivity index (χ0n) is 19.8. The van der Waals surface area contributed by atoms with Crippen LogP contribution in [0.3, 0.4) is 0 Å². The number of amides is 1. The number of thiocarbonyl (C=S) groups is 1. The van der Waals surface area contributed by atoms with Crippen LogP contribution >= 0.6 is 12.2 Å². The lowest BCUT2D eigenvalue weighted by atomic mass is 10.1. The van der Waals surface area contributed by atoms with Gasteiger partial charge in [-0.15, -0.1) is 0 Å². The van der Waals surface area contributed by atoms with Gasteiger partial charge in [-0.1, -0.05) is 0 Å². The summed E-state index contributed by atoms with van der Waals surface area (Å²) in [6, 6.07) is 13.3. The third kappa shape index (κ3) is 5.25. The summed E-state index contributed by atoms with van der Waals surface area (Å²) in [5.74, 6) is -0.100. The Morgan fingerprint density at radius 3 is 2.70 bits per heavy atom. The molecule has 0 atom stereocenters. The van der Waals surface area contributed by atoms with Crippen LogP contribution in [0.4, 0.5) is 17.1 Å². The minimum Gasteiger partial charge on any atom is -0.434 e. The molecule has 1 saturated heterocycles. The average molecular weight is 519 g/mol. The van der Waals surface area contributed by atoms with Gasteiger partial charge in [0.15, 0.2) is 16.3 Å². The van der Waals surface area contributed by atoms with Crippen molar-refractivity contribution in [2.75, 3.05) is 36.5 Å². The number of ether oxygens (including phenoxy) is 1. The molecule has 0 unspecified atom stereocenters. The Kier molecular flexibility index (Phi) is 6.75.